The first-order valence-corrected chi connectivity index (χ1v) is 11.4. The van der Waals surface area contributed by atoms with Gasteiger partial charge in [-0.15, -0.1) is 0 Å². The molecule has 29 heavy (non-hydrogen) atoms. The third kappa shape index (κ3) is 5.96. The van der Waals surface area contributed by atoms with Gasteiger partial charge >= 0.3 is 0 Å². The molecule has 1 saturated heterocycles. The van der Waals surface area contributed by atoms with Crippen molar-refractivity contribution in [3.63, 3.8) is 0 Å². The lowest BCUT2D eigenvalue weighted by molar-refractivity contribution is -0.122. The summed E-state index contributed by atoms with van der Waals surface area (Å²) < 4.78 is 27.9. The molecule has 0 saturated carbocycles. The average molecular weight is 479 g/mol. The number of carbonyl (C=O) groups is 1. The fourth-order valence-corrected chi connectivity index (χ4v) is 4.64. The third-order valence-electron chi connectivity index (χ3n) is 4.63. The molecule has 0 aliphatic carbocycles. The van der Waals surface area contributed by atoms with Crippen molar-refractivity contribution in [3.8, 4) is 0 Å². The van der Waals surface area contributed by atoms with E-state index in [0.717, 1.165) is 15.6 Å². The largest absolute Gasteiger partial charge is 0.292 e. The van der Waals surface area contributed by atoms with E-state index >= 15 is 0 Å². The van der Waals surface area contributed by atoms with Gasteiger partial charge in [0.05, 0.1) is 17.7 Å². The lowest BCUT2D eigenvalue weighted by Crippen LogP contribution is -2.50. The van der Waals surface area contributed by atoms with Crippen molar-refractivity contribution in [2.75, 3.05) is 32.7 Å². The summed E-state index contributed by atoms with van der Waals surface area (Å²) in [5.41, 5.74) is 4.41. The van der Waals surface area contributed by atoms with E-state index in [4.69, 9.17) is 0 Å². The molecular formula is C20H23BrN4O3S. The number of hydrazone groups is 1. The van der Waals surface area contributed by atoms with Gasteiger partial charge < -0.3 is 0 Å². The highest BCUT2D eigenvalue weighted by Gasteiger charge is 2.28. The number of piperazine rings is 1. The van der Waals surface area contributed by atoms with E-state index in [-0.39, 0.29) is 12.5 Å². The number of rotatable bonds is 6. The molecule has 0 unspecified atom stereocenters. The van der Waals surface area contributed by atoms with Crippen LogP contribution < -0.4 is 5.43 Å². The maximum absolute atomic E-state index is 12.7. The molecule has 154 valence electrons. The van der Waals surface area contributed by atoms with Crippen LogP contribution in [0.3, 0.4) is 0 Å². The number of hydrogen-bond acceptors (Lipinski definition) is 5. The molecule has 0 atom stereocenters. The number of carbonyl (C=O) groups excluding carboxylic acids is 1. The third-order valence-corrected chi connectivity index (χ3v) is 7.07. The van der Waals surface area contributed by atoms with E-state index in [1.165, 1.54) is 4.31 Å². The molecule has 0 radical (unpaired) electrons. The minimum absolute atomic E-state index is 0.177. The Kier molecular flexibility index (Phi) is 7.18. The van der Waals surface area contributed by atoms with Crippen LogP contribution in [0.1, 0.15) is 11.1 Å². The van der Waals surface area contributed by atoms with Crippen molar-refractivity contribution in [3.05, 3.63) is 64.1 Å². The van der Waals surface area contributed by atoms with E-state index < -0.39 is 10.0 Å². The summed E-state index contributed by atoms with van der Waals surface area (Å²) >= 11 is 3.36. The molecular weight excluding hydrogens is 456 g/mol. The molecule has 3 rings (SSSR count). The van der Waals surface area contributed by atoms with E-state index in [2.05, 4.69) is 26.5 Å². The number of sulfonamides is 1. The smallest absolute Gasteiger partial charge is 0.254 e. The number of halogens is 1. The van der Waals surface area contributed by atoms with E-state index in [1.807, 2.05) is 36.1 Å². The number of aryl methyl sites for hydroxylation is 1. The molecule has 0 spiro atoms. The van der Waals surface area contributed by atoms with Gasteiger partial charge in [-0.05, 0) is 36.8 Å². The maximum atomic E-state index is 12.7. The average Bonchev–Trinajstić information content (AvgIpc) is 2.70. The Hall–Kier alpha value is -2.07. The molecule has 0 aromatic heterocycles. The Morgan fingerprint density at radius 1 is 1.07 bits per heavy atom. The van der Waals surface area contributed by atoms with Crippen LogP contribution in [0, 0.1) is 6.92 Å². The predicted molar refractivity (Wildman–Crippen MR) is 116 cm³/mol. The first-order chi connectivity index (χ1) is 13.8. The van der Waals surface area contributed by atoms with Crippen LogP contribution in [0.2, 0.25) is 0 Å². The Labute approximate surface area is 179 Å². The van der Waals surface area contributed by atoms with Crippen molar-refractivity contribution in [1.29, 1.82) is 0 Å². The summed E-state index contributed by atoms with van der Waals surface area (Å²) in [6.07, 6.45) is 1.58. The van der Waals surface area contributed by atoms with Crippen molar-refractivity contribution in [2.24, 2.45) is 5.10 Å². The minimum Gasteiger partial charge on any atom is -0.292 e. The van der Waals surface area contributed by atoms with Gasteiger partial charge in [-0.3, -0.25) is 9.69 Å². The lowest BCUT2D eigenvalue weighted by Gasteiger charge is -2.33. The normalized spacial score (nSPS) is 16.2. The summed E-state index contributed by atoms with van der Waals surface area (Å²) in [5, 5.41) is 3.96. The van der Waals surface area contributed by atoms with Crippen molar-refractivity contribution in [2.45, 2.75) is 11.8 Å². The van der Waals surface area contributed by atoms with Crippen LogP contribution in [0.25, 0.3) is 0 Å². The van der Waals surface area contributed by atoms with Crippen LogP contribution in [0.5, 0.6) is 0 Å². The fraction of sp³-hybridized carbons (Fsp3) is 0.300. The van der Waals surface area contributed by atoms with E-state index in [0.29, 0.717) is 31.1 Å². The summed E-state index contributed by atoms with van der Waals surface area (Å²) in [7, 11) is -3.50. The van der Waals surface area contributed by atoms with Gasteiger partial charge in [0.15, 0.2) is 0 Å². The van der Waals surface area contributed by atoms with Gasteiger partial charge in [-0.2, -0.15) is 9.41 Å². The second-order valence-corrected chi connectivity index (χ2v) is 9.69. The van der Waals surface area contributed by atoms with Crippen LogP contribution >= 0.6 is 15.9 Å². The maximum Gasteiger partial charge on any atom is 0.254 e. The van der Waals surface area contributed by atoms with Gasteiger partial charge in [0.2, 0.25) is 10.0 Å². The van der Waals surface area contributed by atoms with Gasteiger partial charge in [-0.25, -0.2) is 13.8 Å². The molecule has 2 aromatic rings. The summed E-state index contributed by atoms with van der Waals surface area (Å²) in [5.74, 6) is -0.229. The van der Waals surface area contributed by atoms with Gasteiger partial charge in [-0.1, -0.05) is 45.8 Å². The quantitative estimate of drug-likeness (QED) is 0.509. The molecule has 1 fully saturated rings. The van der Waals surface area contributed by atoms with Crippen molar-refractivity contribution < 1.29 is 13.2 Å². The molecule has 1 heterocycles. The first-order valence-electron chi connectivity index (χ1n) is 9.21. The number of benzene rings is 2. The molecule has 2 aromatic carbocycles. The number of hydrogen-bond donors (Lipinski definition) is 1. The highest BCUT2D eigenvalue weighted by Crippen LogP contribution is 2.18. The lowest BCUT2D eigenvalue weighted by atomic mass is 10.2. The minimum atomic E-state index is -3.50. The summed E-state index contributed by atoms with van der Waals surface area (Å²) in [6, 6.07) is 14.4. The molecule has 0 bridgehead atoms. The van der Waals surface area contributed by atoms with Gasteiger partial charge in [0.1, 0.15) is 0 Å². The standard InChI is InChI=1S/C20H23BrN4O3S/c1-16-2-8-19(9-3-16)29(27,28)25-12-10-24(11-13-25)15-20(26)23-22-14-17-4-6-18(21)7-5-17/h2-9,14H,10-13,15H2,1H3,(H,23,26)/b22-14-. The van der Waals surface area contributed by atoms with Crippen LogP contribution in [0.15, 0.2) is 63.0 Å². The molecule has 1 N–H and O–H groups in total. The van der Waals surface area contributed by atoms with Crippen molar-refractivity contribution in [1.82, 2.24) is 14.6 Å². The van der Waals surface area contributed by atoms with E-state index in [1.54, 1.807) is 30.5 Å². The Balaban J connectivity index is 1.47. The second-order valence-electron chi connectivity index (χ2n) is 6.84. The van der Waals surface area contributed by atoms with E-state index in [9.17, 15) is 13.2 Å². The Morgan fingerprint density at radius 3 is 2.31 bits per heavy atom. The zero-order chi connectivity index (χ0) is 20.9. The highest BCUT2D eigenvalue weighted by atomic mass is 79.9. The molecule has 9 heteroatoms. The Bertz CT molecular complexity index is 968. The zero-order valence-electron chi connectivity index (χ0n) is 16.1. The topological polar surface area (TPSA) is 82.1 Å². The molecule has 7 nitrogen and oxygen atoms in total. The van der Waals surface area contributed by atoms with Crippen LogP contribution in [-0.2, 0) is 14.8 Å². The SMILES string of the molecule is Cc1ccc(S(=O)(=O)N2CCN(CC(=O)N/N=C\c3ccc(Br)cc3)CC2)cc1. The fourth-order valence-electron chi connectivity index (χ4n) is 2.95. The van der Waals surface area contributed by atoms with Gasteiger partial charge in [0.25, 0.3) is 5.91 Å². The number of amides is 1. The monoisotopic (exact) mass is 478 g/mol. The number of nitrogens with one attached hydrogen (secondary N) is 1. The number of nitrogens with zero attached hydrogens (tertiary/aromatic N) is 3. The summed E-state index contributed by atoms with van der Waals surface area (Å²) in [6.45, 7) is 3.79. The zero-order valence-corrected chi connectivity index (χ0v) is 18.5. The molecule has 1 aliphatic rings. The van der Waals surface area contributed by atoms with Gasteiger partial charge in [0, 0.05) is 30.7 Å². The molecule has 1 aliphatic heterocycles. The van der Waals surface area contributed by atoms with Crippen molar-refractivity contribution >= 4 is 38.1 Å². The second kappa shape index (κ2) is 9.62. The summed E-state index contributed by atoms with van der Waals surface area (Å²) in [4.78, 5) is 14.3. The predicted octanol–water partition coefficient (Wildman–Crippen LogP) is 2.21. The highest BCUT2D eigenvalue weighted by molar-refractivity contribution is 9.10. The Morgan fingerprint density at radius 2 is 1.69 bits per heavy atom. The first kappa shape index (κ1) is 21.6. The van der Waals surface area contributed by atoms with Crippen LogP contribution in [0.4, 0.5) is 0 Å². The molecule has 1 amide bonds. The van der Waals surface area contributed by atoms with Crippen LogP contribution in [-0.4, -0.2) is 62.5 Å².